The summed E-state index contributed by atoms with van der Waals surface area (Å²) in [5, 5.41) is 1.04. The molecular weight excluding hydrogens is 246 g/mol. The Bertz CT molecular complexity index is 468. The van der Waals surface area contributed by atoms with Crippen LogP contribution in [0.5, 0.6) is 0 Å². The molecule has 1 aromatic carbocycles. The van der Waals surface area contributed by atoms with Gasteiger partial charge in [0.05, 0.1) is 5.52 Å². The van der Waals surface area contributed by atoms with E-state index in [4.69, 9.17) is 12.6 Å². The summed E-state index contributed by atoms with van der Waals surface area (Å²) in [7, 11) is 0. The quantitative estimate of drug-likeness (QED) is 0.668. The molecule has 0 aliphatic heterocycles. The largest absolute Gasteiger partial charge is 0.779 e. The van der Waals surface area contributed by atoms with Crippen LogP contribution in [0.15, 0.2) is 33.6 Å². The molecule has 0 N–H and O–H groups in total. The molecule has 0 aliphatic carbocycles. The number of hydrogen-bond donors (Lipinski definition) is 0. The van der Waals surface area contributed by atoms with Gasteiger partial charge in [0.25, 0.3) is 0 Å². The van der Waals surface area contributed by atoms with Crippen molar-refractivity contribution in [2.75, 3.05) is 0 Å². The highest BCUT2D eigenvalue weighted by Crippen LogP contribution is 2.22. The molecule has 0 aliphatic rings. The predicted octanol–water partition coefficient (Wildman–Crippen LogP) is 3.21. The molecule has 0 saturated heterocycles. The van der Waals surface area contributed by atoms with Crippen molar-refractivity contribution in [3.05, 3.63) is 34.4 Å². The molecule has 2 aromatic rings. The lowest BCUT2D eigenvalue weighted by Gasteiger charge is -2.11. The Morgan fingerprint density at radius 2 is 2.08 bits per heavy atom. The van der Waals surface area contributed by atoms with Crippen molar-refractivity contribution < 1.29 is 0 Å². The van der Waals surface area contributed by atoms with Gasteiger partial charge >= 0.3 is 0 Å². The third-order valence-electron chi connectivity index (χ3n) is 1.86. The number of aryl methyl sites for hydroxylation is 1. The van der Waals surface area contributed by atoms with Crippen molar-refractivity contribution in [2.45, 2.75) is 11.8 Å². The van der Waals surface area contributed by atoms with E-state index in [2.05, 4.69) is 20.9 Å². The first kappa shape index (κ1) is 8.91. The molecule has 0 fully saturated rings. The van der Waals surface area contributed by atoms with Crippen LogP contribution in [0.25, 0.3) is 10.9 Å². The van der Waals surface area contributed by atoms with Gasteiger partial charge in [-0.3, -0.25) is 4.98 Å². The highest BCUT2D eigenvalue weighted by molar-refractivity contribution is 9.10. The molecule has 0 spiro atoms. The number of aromatic nitrogens is 1. The molecule has 0 radical (unpaired) electrons. The standard InChI is InChI=1S/C10H8BrNS/c1-6-4-10(13)8-5-7(11)2-3-9(8)12-6/h2-5H,1H3,(H,12,13)/p-1. The van der Waals surface area contributed by atoms with Gasteiger partial charge in [-0.15, -0.1) is 0 Å². The minimum absolute atomic E-state index is 0.865. The number of fused-ring (bicyclic) bond motifs is 1. The highest BCUT2D eigenvalue weighted by atomic mass is 79.9. The molecule has 0 bridgehead atoms. The highest BCUT2D eigenvalue weighted by Gasteiger charge is 1.96. The summed E-state index contributed by atoms with van der Waals surface area (Å²) in [5.41, 5.74) is 1.94. The van der Waals surface area contributed by atoms with Gasteiger partial charge in [-0.25, -0.2) is 0 Å². The molecule has 0 unspecified atom stereocenters. The first-order chi connectivity index (χ1) is 6.16. The van der Waals surface area contributed by atoms with Crippen molar-refractivity contribution in [3.8, 4) is 0 Å². The average Bonchev–Trinajstić information content (AvgIpc) is 2.06. The first-order valence-corrected chi connectivity index (χ1v) is 5.11. The van der Waals surface area contributed by atoms with E-state index in [-0.39, 0.29) is 0 Å². The van der Waals surface area contributed by atoms with Crippen molar-refractivity contribution in [1.29, 1.82) is 0 Å². The van der Waals surface area contributed by atoms with Gasteiger partial charge in [-0.05, 0) is 30.5 Å². The van der Waals surface area contributed by atoms with E-state index < -0.39 is 0 Å². The summed E-state index contributed by atoms with van der Waals surface area (Å²) in [6.45, 7) is 1.96. The Labute approximate surface area is 90.7 Å². The lowest BCUT2D eigenvalue weighted by atomic mass is 10.2. The fourth-order valence-electron chi connectivity index (χ4n) is 1.29. The van der Waals surface area contributed by atoms with Gasteiger partial charge in [0.2, 0.25) is 0 Å². The van der Waals surface area contributed by atoms with Gasteiger partial charge in [0.1, 0.15) is 0 Å². The zero-order valence-corrected chi connectivity index (χ0v) is 9.45. The first-order valence-electron chi connectivity index (χ1n) is 3.91. The van der Waals surface area contributed by atoms with Crippen LogP contribution in [-0.2, 0) is 12.6 Å². The normalized spacial score (nSPS) is 10.6. The van der Waals surface area contributed by atoms with Crippen molar-refractivity contribution in [1.82, 2.24) is 4.98 Å². The van der Waals surface area contributed by atoms with Crippen molar-refractivity contribution >= 4 is 39.5 Å². The van der Waals surface area contributed by atoms with E-state index in [0.717, 1.165) is 26.0 Å². The van der Waals surface area contributed by atoms with Gasteiger partial charge in [-0.1, -0.05) is 22.0 Å². The number of pyridine rings is 1. The van der Waals surface area contributed by atoms with E-state index in [1.165, 1.54) is 0 Å². The third kappa shape index (κ3) is 1.67. The van der Waals surface area contributed by atoms with E-state index in [0.29, 0.717) is 0 Å². The van der Waals surface area contributed by atoms with Crippen molar-refractivity contribution in [2.24, 2.45) is 0 Å². The Balaban J connectivity index is 2.87. The average molecular weight is 253 g/mol. The summed E-state index contributed by atoms with van der Waals surface area (Å²) >= 11 is 8.65. The number of hydrogen-bond acceptors (Lipinski definition) is 2. The SMILES string of the molecule is Cc1cc([S-])c2cc(Br)ccc2n1. The molecular formula is C10H7BrNS-. The molecule has 3 heteroatoms. The fraction of sp³-hybridized carbons (Fsp3) is 0.100. The summed E-state index contributed by atoms with van der Waals surface area (Å²) in [5.74, 6) is 0. The molecule has 0 amide bonds. The molecule has 13 heavy (non-hydrogen) atoms. The fourth-order valence-corrected chi connectivity index (χ4v) is 1.99. The molecule has 1 heterocycles. The van der Waals surface area contributed by atoms with Crippen LogP contribution in [0.2, 0.25) is 0 Å². The van der Waals surface area contributed by atoms with Crippen LogP contribution in [0.1, 0.15) is 5.69 Å². The Kier molecular flexibility index (Phi) is 2.22. The zero-order chi connectivity index (χ0) is 9.42. The van der Waals surface area contributed by atoms with Gasteiger partial charge in [0.15, 0.2) is 0 Å². The van der Waals surface area contributed by atoms with Crippen LogP contribution < -0.4 is 0 Å². The van der Waals surface area contributed by atoms with E-state index in [1.54, 1.807) is 0 Å². The van der Waals surface area contributed by atoms with E-state index in [9.17, 15) is 0 Å². The Morgan fingerprint density at radius 1 is 1.31 bits per heavy atom. The second-order valence-corrected chi connectivity index (χ2v) is 4.28. The number of benzene rings is 1. The van der Waals surface area contributed by atoms with Gasteiger partial charge < -0.3 is 12.6 Å². The molecule has 0 saturated carbocycles. The summed E-state index contributed by atoms with van der Waals surface area (Å²) in [4.78, 5) is 5.25. The van der Waals surface area contributed by atoms with Crippen LogP contribution in [0.4, 0.5) is 0 Å². The van der Waals surface area contributed by atoms with Crippen LogP contribution in [0, 0.1) is 6.92 Å². The Morgan fingerprint density at radius 3 is 2.85 bits per heavy atom. The molecule has 2 rings (SSSR count). The van der Waals surface area contributed by atoms with Crippen LogP contribution in [-0.4, -0.2) is 4.98 Å². The number of nitrogens with zero attached hydrogens (tertiary/aromatic N) is 1. The molecule has 1 nitrogen and oxygen atoms in total. The lowest BCUT2D eigenvalue weighted by molar-refractivity contribution is 1.22. The topological polar surface area (TPSA) is 12.9 Å². The zero-order valence-electron chi connectivity index (χ0n) is 7.04. The Hall–Kier alpha value is -0.670. The predicted molar refractivity (Wildman–Crippen MR) is 59.8 cm³/mol. The molecule has 66 valence electrons. The smallest absolute Gasteiger partial charge is 0.0690 e. The lowest BCUT2D eigenvalue weighted by Crippen LogP contribution is -1.86. The summed E-state index contributed by atoms with van der Waals surface area (Å²) < 4.78 is 1.04. The van der Waals surface area contributed by atoms with E-state index in [1.807, 2.05) is 31.2 Å². The molecule has 0 atom stereocenters. The molecule has 1 aromatic heterocycles. The number of halogens is 1. The maximum absolute atomic E-state index is 5.24. The van der Waals surface area contributed by atoms with Gasteiger partial charge in [-0.2, -0.15) is 4.90 Å². The third-order valence-corrected chi connectivity index (χ3v) is 2.69. The minimum Gasteiger partial charge on any atom is -0.779 e. The maximum Gasteiger partial charge on any atom is 0.0690 e. The maximum atomic E-state index is 5.24. The minimum atomic E-state index is 0.865. The monoisotopic (exact) mass is 252 g/mol. The number of rotatable bonds is 0. The van der Waals surface area contributed by atoms with Crippen LogP contribution in [0.3, 0.4) is 0 Å². The van der Waals surface area contributed by atoms with Crippen molar-refractivity contribution in [3.63, 3.8) is 0 Å². The summed E-state index contributed by atoms with van der Waals surface area (Å²) in [6, 6.07) is 7.87. The summed E-state index contributed by atoms with van der Waals surface area (Å²) in [6.07, 6.45) is 0. The van der Waals surface area contributed by atoms with Crippen LogP contribution >= 0.6 is 15.9 Å². The van der Waals surface area contributed by atoms with E-state index >= 15 is 0 Å². The van der Waals surface area contributed by atoms with Gasteiger partial charge in [0, 0.05) is 10.2 Å². The second-order valence-electron chi connectivity index (χ2n) is 2.92. The second kappa shape index (κ2) is 3.24.